The van der Waals surface area contributed by atoms with Gasteiger partial charge in [0.15, 0.2) is 0 Å². The van der Waals surface area contributed by atoms with Crippen LogP contribution in [0.2, 0.25) is 5.02 Å². The fraction of sp³-hybridized carbons (Fsp3) is 0.368. The lowest BCUT2D eigenvalue weighted by Gasteiger charge is -2.11. The van der Waals surface area contributed by atoms with Gasteiger partial charge in [-0.05, 0) is 38.0 Å². The van der Waals surface area contributed by atoms with E-state index in [9.17, 15) is 4.79 Å². The van der Waals surface area contributed by atoms with Crippen molar-refractivity contribution in [2.45, 2.75) is 26.3 Å². The second-order valence-electron chi connectivity index (χ2n) is 6.25. The molecule has 1 aromatic heterocycles. The summed E-state index contributed by atoms with van der Waals surface area (Å²) < 4.78 is 5.25. The minimum atomic E-state index is 0.259. The zero-order valence-corrected chi connectivity index (χ0v) is 16.1. The summed E-state index contributed by atoms with van der Waals surface area (Å²) in [5.41, 5.74) is 4.06. The Balaban J connectivity index is 2.07. The van der Waals surface area contributed by atoms with Gasteiger partial charge < -0.3 is 10.1 Å². The highest BCUT2D eigenvalue weighted by Crippen LogP contribution is 2.38. The van der Waals surface area contributed by atoms with Crippen LogP contribution in [0.3, 0.4) is 0 Å². The molecule has 1 N–H and O–H groups in total. The van der Waals surface area contributed by atoms with Crippen molar-refractivity contribution in [3.8, 4) is 0 Å². The Morgan fingerprint density at radius 3 is 2.76 bits per heavy atom. The number of halogens is 1. The topological polar surface area (TPSA) is 50.7 Å². The molecular formula is C19H21ClN2O2S. The van der Waals surface area contributed by atoms with E-state index in [1.165, 1.54) is 4.88 Å². The fourth-order valence-corrected chi connectivity index (χ4v) is 4.05. The first kappa shape index (κ1) is 18.1. The zero-order chi connectivity index (χ0) is 18.0. The lowest BCUT2D eigenvalue weighted by Crippen LogP contribution is -2.09. The molecule has 25 heavy (non-hydrogen) atoms. The number of carbonyl (C=O) groups is 1. The second-order valence-corrected chi connectivity index (χ2v) is 7.91. The van der Waals surface area contributed by atoms with E-state index in [1.54, 1.807) is 18.4 Å². The van der Waals surface area contributed by atoms with Crippen molar-refractivity contribution in [3.05, 3.63) is 50.9 Å². The van der Waals surface area contributed by atoms with Crippen molar-refractivity contribution in [2.24, 2.45) is 10.9 Å². The van der Waals surface area contributed by atoms with Crippen LogP contribution >= 0.6 is 22.9 Å². The number of benzene rings is 1. The molecule has 0 aliphatic heterocycles. The molecule has 2 unspecified atom stereocenters. The van der Waals surface area contributed by atoms with E-state index in [2.05, 4.69) is 19.2 Å². The molecular weight excluding hydrogens is 356 g/mol. The zero-order valence-electron chi connectivity index (χ0n) is 14.5. The van der Waals surface area contributed by atoms with Crippen LogP contribution in [0.5, 0.6) is 0 Å². The van der Waals surface area contributed by atoms with Crippen molar-refractivity contribution in [3.63, 3.8) is 0 Å². The fourth-order valence-electron chi connectivity index (χ4n) is 2.91. The van der Waals surface area contributed by atoms with Gasteiger partial charge in [0.25, 0.3) is 0 Å². The SMILES string of the molecule is COCC1CC1N=C(c1ccc(Cl)cc1)c1c(NC=O)sc(C)c1C. The molecule has 3 rings (SSSR count). The average Bonchev–Trinajstić information content (AvgIpc) is 3.26. The molecule has 0 radical (unpaired) electrons. The van der Waals surface area contributed by atoms with E-state index in [4.69, 9.17) is 21.3 Å². The van der Waals surface area contributed by atoms with Crippen molar-refractivity contribution >= 4 is 40.1 Å². The quantitative estimate of drug-likeness (QED) is 0.573. The molecule has 2 atom stereocenters. The number of aryl methyl sites for hydroxylation is 1. The highest BCUT2D eigenvalue weighted by Gasteiger charge is 2.37. The van der Waals surface area contributed by atoms with Gasteiger partial charge >= 0.3 is 0 Å². The lowest BCUT2D eigenvalue weighted by molar-refractivity contribution is -0.105. The summed E-state index contributed by atoms with van der Waals surface area (Å²) in [5.74, 6) is 0.467. The number of methoxy groups -OCH3 is 1. The third kappa shape index (κ3) is 3.94. The Kier molecular flexibility index (Phi) is 5.57. The summed E-state index contributed by atoms with van der Waals surface area (Å²) in [6, 6.07) is 7.95. The molecule has 0 spiro atoms. The maximum absolute atomic E-state index is 11.0. The second kappa shape index (κ2) is 7.68. The first-order valence-corrected chi connectivity index (χ1v) is 9.37. The summed E-state index contributed by atoms with van der Waals surface area (Å²) in [5, 5.41) is 4.36. The summed E-state index contributed by atoms with van der Waals surface area (Å²) >= 11 is 7.62. The van der Waals surface area contributed by atoms with E-state index in [1.807, 2.05) is 24.3 Å². The van der Waals surface area contributed by atoms with Gasteiger partial charge in [-0.2, -0.15) is 0 Å². The molecule has 1 heterocycles. The smallest absolute Gasteiger partial charge is 0.212 e. The first-order valence-electron chi connectivity index (χ1n) is 8.18. The molecule has 1 aromatic carbocycles. The first-order chi connectivity index (χ1) is 12.0. The Labute approximate surface area is 156 Å². The van der Waals surface area contributed by atoms with Crippen LogP contribution in [-0.4, -0.2) is 31.9 Å². The molecule has 1 amide bonds. The number of rotatable bonds is 7. The van der Waals surface area contributed by atoms with Gasteiger partial charge in [-0.15, -0.1) is 11.3 Å². The van der Waals surface area contributed by atoms with Gasteiger partial charge in [-0.3, -0.25) is 9.79 Å². The molecule has 1 saturated carbocycles. The minimum Gasteiger partial charge on any atom is -0.384 e. The summed E-state index contributed by atoms with van der Waals surface area (Å²) in [4.78, 5) is 17.2. The average molecular weight is 377 g/mol. The Morgan fingerprint density at radius 2 is 2.12 bits per heavy atom. The van der Waals surface area contributed by atoms with Crippen LogP contribution in [0.15, 0.2) is 29.3 Å². The van der Waals surface area contributed by atoms with Crippen LogP contribution in [0.4, 0.5) is 5.00 Å². The summed E-state index contributed by atoms with van der Waals surface area (Å²) in [7, 11) is 1.72. The summed E-state index contributed by atoms with van der Waals surface area (Å²) in [6.07, 6.45) is 1.75. The van der Waals surface area contributed by atoms with E-state index in [0.29, 0.717) is 10.9 Å². The number of carbonyl (C=O) groups excluding carboxylic acids is 1. The van der Waals surface area contributed by atoms with E-state index in [-0.39, 0.29) is 6.04 Å². The molecule has 4 nitrogen and oxygen atoms in total. The van der Waals surface area contributed by atoms with Gasteiger partial charge in [0.2, 0.25) is 6.41 Å². The van der Waals surface area contributed by atoms with Gasteiger partial charge in [-0.1, -0.05) is 23.7 Å². The third-order valence-corrected chi connectivity index (χ3v) is 5.88. The normalized spacial score (nSPS) is 19.8. The van der Waals surface area contributed by atoms with Crippen molar-refractivity contribution < 1.29 is 9.53 Å². The minimum absolute atomic E-state index is 0.259. The van der Waals surface area contributed by atoms with Crippen LogP contribution in [0.25, 0.3) is 0 Å². The largest absolute Gasteiger partial charge is 0.384 e. The maximum Gasteiger partial charge on any atom is 0.212 e. The predicted octanol–water partition coefficient (Wildman–Crippen LogP) is 4.46. The molecule has 2 aromatic rings. The third-order valence-electron chi connectivity index (χ3n) is 4.49. The van der Waals surface area contributed by atoms with Crippen molar-refractivity contribution in [1.29, 1.82) is 0 Å². The van der Waals surface area contributed by atoms with Crippen LogP contribution in [0, 0.1) is 19.8 Å². The molecule has 0 saturated heterocycles. The standard InChI is InChI=1S/C19H21ClN2O2S/c1-11-12(2)25-19(21-10-23)17(11)18(13-4-6-15(20)7-5-13)22-16-8-14(16)9-24-3/h4-7,10,14,16H,8-9H2,1-3H3,(H,21,23). The monoisotopic (exact) mass is 376 g/mol. The highest BCUT2D eigenvalue weighted by molar-refractivity contribution is 7.16. The number of thiophene rings is 1. The van der Waals surface area contributed by atoms with E-state index >= 15 is 0 Å². The molecule has 6 heteroatoms. The number of amides is 1. The van der Waals surface area contributed by atoms with Crippen molar-refractivity contribution in [1.82, 2.24) is 0 Å². The molecule has 0 bridgehead atoms. The van der Waals surface area contributed by atoms with Gasteiger partial charge in [0, 0.05) is 34.1 Å². The van der Waals surface area contributed by atoms with Crippen LogP contribution in [0.1, 0.15) is 28.0 Å². The number of aliphatic imine (C=N–C) groups is 1. The number of anilines is 1. The Hall–Kier alpha value is -1.69. The highest BCUT2D eigenvalue weighted by atomic mass is 35.5. The molecule has 132 valence electrons. The van der Waals surface area contributed by atoms with Gasteiger partial charge in [-0.25, -0.2) is 0 Å². The molecule has 1 aliphatic carbocycles. The van der Waals surface area contributed by atoms with Crippen LogP contribution in [-0.2, 0) is 9.53 Å². The van der Waals surface area contributed by atoms with Crippen LogP contribution < -0.4 is 5.32 Å². The summed E-state index contributed by atoms with van der Waals surface area (Å²) in [6.45, 7) is 4.86. The van der Waals surface area contributed by atoms with Gasteiger partial charge in [0.1, 0.15) is 5.00 Å². The van der Waals surface area contributed by atoms with Gasteiger partial charge in [0.05, 0.1) is 18.4 Å². The lowest BCUT2D eigenvalue weighted by atomic mass is 10.00. The Morgan fingerprint density at radius 1 is 1.40 bits per heavy atom. The van der Waals surface area contributed by atoms with Crippen molar-refractivity contribution in [2.75, 3.05) is 19.0 Å². The number of hydrogen-bond donors (Lipinski definition) is 1. The number of ether oxygens (including phenoxy) is 1. The number of nitrogens with zero attached hydrogens (tertiary/aromatic N) is 1. The number of hydrogen-bond acceptors (Lipinski definition) is 4. The maximum atomic E-state index is 11.0. The van der Waals surface area contributed by atoms with E-state index < -0.39 is 0 Å². The Bertz CT molecular complexity index is 799. The van der Waals surface area contributed by atoms with E-state index in [0.717, 1.165) is 46.8 Å². The molecule has 1 fully saturated rings. The molecule has 1 aliphatic rings. The predicted molar refractivity (Wildman–Crippen MR) is 104 cm³/mol. The number of nitrogens with one attached hydrogen (secondary N) is 1.